The number of hydrogen-bond acceptors (Lipinski definition) is 7. The molecule has 1 fully saturated rings. The van der Waals surface area contributed by atoms with E-state index in [1.54, 1.807) is 18.3 Å². The molecule has 1 aliphatic rings. The third-order valence-corrected chi connectivity index (χ3v) is 6.13. The van der Waals surface area contributed by atoms with Crippen molar-refractivity contribution in [1.82, 2.24) is 10.1 Å². The van der Waals surface area contributed by atoms with Crippen LogP contribution in [0, 0.1) is 6.92 Å². The average Bonchev–Trinajstić information content (AvgIpc) is 3.38. The number of amides is 1. The number of nitrogens with one attached hydrogen (secondary N) is 1. The molecule has 152 valence electrons. The molecule has 0 spiro atoms. The Morgan fingerprint density at radius 3 is 2.73 bits per heavy atom. The predicted octanol–water partition coefficient (Wildman–Crippen LogP) is 4.35. The molecule has 0 unspecified atom stereocenters. The number of ether oxygens (including phenoxy) is 1. The molecule has 3 heterocycles. The Kier molecular flexibility index (Phi) is 4.94. The van der Waals surface area contributed by atoms with E-state index in [4.69, 9.17) is 14.2 Å². The van der Waals surface area contributed by atoms with Gasteiger partial charge in [0, 0.05) is 24.3 Å². The van der Waals surface area contributed by atoms with Gasteiger partial charge in [0.2, 0.25) is 0 Å². The van der Waals surface area contributed by atoms with E-state index in [2.05, 4.69) is 15.4 Å². The molecule has 0 saturated carbocycles. The summed E-state index contributed by atoms with van der Waals surface area (Å²) in [6, 6.07) is 15.3. The number of rotatable bonds is 4. The van der Waals surface area contributed by atoms with E-state index in [-0.39, 0.29) is 5.91 Å². The first-order chi connectivity index (χ1) is 14.7. The van der Waals surface area contributed by atoms with Crippen molar-refractivity contribution in [3.63, 3.8) is 0 Å². The molecule has 0 atom stereocenters. The summed E-state index contributed by atoms with van der Waals surface area (Å²) in [6.45, 7) is 4.88. The number of thiazole rings is 1. The Labute approximate surface area is 177 Å². The highest BCUT2D eigenvalue weighted by molar-refractivity contribution is 7.22. The van der Waals surface area contributed by atoms with Gasteiger partial charge in [-0.3, -0.25) is 4.79 Å². The maximum atomic E-state index is 13.0. The molecule has 30 heavy (non-hydrogen) atoms. The van der Waals surface area contributed by atoms with Gasteiger partial charge in [-0.05, 0) is 25.1 Å². The highest BCUT2D eigenvalue weighted by atomic mass is 32.1. The molecule has 8 heteroatoms. The van der Waals surface area contributed by atoms with Crippen molar-refractivity contribution in [3.05, 3.63) is 59.9 Å². The van der Waals surface area contributed by atoms with Gasteiger partial charge in [0.15, 0.2) is 5.13 Å². The third kappa shape index (κ3) is 3.55. The second-order valence-corrected chi connectivity index (χ2v) is 8.07. The minimum atomic E-state index is -0.245. The van der Waals surface area contributed by atoms with Crippen LogP contribution in [0.25, 0.3) is 21.5 Å². The van der Waals surface area contributed by atoms with E-state index in [1.165, 1.54) is 0 Å². The van der Waals surface area contributed by atoms with E-state index < -0.39 is 0 Å². The van der Waals surface area contributed by atoms with Crippen LogP contribution in [-0.4, -0.2) is 42.4 Å². The Hall–Kier alpha value is -3.23. The zero-order chi connectivity index (χ0) is 20.5. The van der Waals surface area contributed by atoms with Gasteiger partial charge in [-0.15, -0.1) is 0 Å². The van der Waals surface area contributed by atoms with E-state index in [1.807, 2.05) is 48.5 Å². The fraction of sp³-hybridized carbons (Fsp3) is 0.227. The third-order valence-electron chi connectivity index (χ3n) is 5.05. The number of morpholine rings is 1. The number of hydrogen-bond donors (Lipinski definition) is 1. The normalized spacial score (nSPS) is 14.2. The first kappa shape index (κ1) is 18.8. The van der Waals surface area contributed by atoms with Gasteiger partial charge < -0.3 is 19.5 Å². The molecular formula is C22H20N4O3S. The van der Waals surface area contributed by atoms with Crippen molar-refractivity contribution in [1.29, 1.82) is 0 Å². The lowest BCUT2D eigenvalue weighted by Gasteiger charge is -2.25. The summed E-state index contributed by atoms with van der Waals surface area (Å²) in [5, 5.41) is 8.06. The fourth-order valence-electron chi connectivity index (χ4n) is 3.51. The van der Waals surface area contributed by atoms with Crippen LogP contribution in [0.5, 0.6) is 0 Å². The monoisotopic (exact) mass is 420 g/mol. The van der Waals surface area contributed by atoms with Crippen molar-refractivity contribution in [2.75, 3.05) is 36.5 Å². The molecule has 0 radical (unpaired) electrons. The molecule has 0 bridgehead atoms. The number of aromatic nitrogens is 2. The number of nitrogens with zero attached hydrogens (tertiary/aromatic N) is 3. The number of aryl methyl sites for hydroxylation is 1. The summed E-state index contributed by atoms with van der Waals surface area (Å²) >= 11 is 1.62. The molecule has 2 aromatic heterocycles. The van der Waals surface area contributed by atoms with Crippen LogP contribution in [0.2, 0.25) is 0 Å². The molecule has 0 aliphatic carbocycles. The number of anilines is 2. The van der Waals surface area contributed by atoms with Crippen molar-refractivity contribution >= 4 is 38.3 Å². The number of carbonyl (C=O) groups excluding carboxylic acids is 1. The van der Waals surface area contributed by atoms with Crippen LogP contribution >= 0.6 is 11.3 Å². The largest absolute Gasteiger partial charge is 0.378 e. The van der Waals surface area contributed by atoms with E-state index in [0.29, 0.717) is 22.7 Å². The molecule has 1 amide bonds. The Bertz CT molecular complexity index is 1200. The zero-order valence-electron chi connectivity index (χ0n) is 16.4. The van der Waals surface area contributed by atoms with Gasteiger partial charge >= 0.3 is 0 Å². The maximum absolute atomic E-state index is 13.0. The van der Waals surface area contributed by atoms with Crippen molar-refractivity contribution in [3.8, 4) is 11.3 Å². The van der Waals surface area contributed by atoms with Gasteiger partial charge in [-0.25, -0.2) is 4.98 Å². The minimum Gasteiger partial charge on any atom is -0.378 e. The van der Waals surface area contributed by atoms with Gasteiger partial charge in [-0.2, -0.15) is 0 Å². The average molecular weight is 420 g/mol. The van der Waals surface area contributed by atoms with E-state index in [9.17, 15) is 4.79 Å². The number of benzene rings is 2. The van der Waals surface area contributed by atoms with Crippen LogP contribution in [0.4, 0.5) is 10.8 Å². The highest BCUT2D eigenvalue weighted by Gasteiger charge is 2.22. The predicted molar refractivity (Wildman–Crippen MR) is 117 cm³/mol. The molecule has 4 aromatic rings. The standard InChI is InChI=1S/C22H20N4O3S/c1-14-19(20(25-29-14)15-5-3-2-4-6-15)21(27)23-16-7-8-17-18(13-16)30-22(24-17)26-9-11-28-12-10-26/h2-8,13H,9-12H2,1H3,(H,23,27). The summed E-state index contributed by atoms with van der Waals surface area (Å²) < 4.78 is 11.8. The smallest absolute Gasteiger partial charge is 0.261 e. The molecule has 2 aromatic carbocycles. The van der Waals surface area contributed by atoms with Crippen molar-refractivity contribution in [2.24, 2.45) is 0 Å². The molecule has 1 N–H and O–H groups in total. The van der Waals surface area contributed by atoms with Crippen LogP contribution in [-0.2, 0) is 4.74 Å². The van der Waals surface area contributed by atoms with Gasteiger partial charge in [-0.1, -0.05) is 46.8 Å². The van der Waals surface area contributed by atoms with E-state index >= 15 is 0 Å². The van der Waals surface area contributed by atoms with Gasteiger partial charge in [0.05, 0.1) is 23.4 Å². The summed E-state index contributed by atoms with van der Waals surface area (Å²) in [6.07, 6.45) is 0. The molecule has 1 saturated heterocycles. The molecule has 7 nitrogen and oxygen atoms in total. The maximum Gasteiger partial charge on any atom is 0.261 e. The minimum absolute atomic E-state index is 0.245. The lowest BCUT2D eigenvalue weighted by Crippen LogP contribution is -2.36. The van der Waals surface area contributed by atoms with Crippen LogP contribution in [0.1, 0.15) is 16.1 Å². The van der Waals surface area contributed by atoms with Crippen LogP contribution < -0.4 is 10.2 Å². The van der Waals surface area contributed by atoms with Crippen LogP contribution in [0.15, 0.2) is 53.1 Å². The van der Waals surface area contributed by atoms with Gasteiger partial charge in [0.1, 0.15) is 17.0 Å². The Morgan fingerprint density at radius 2 is 1.93 bits per heavy atom. The Balaban J connectivity index is 1.41. The quantitative estimate of drug-likeness (QED) is 0.529. The summed E-state index contributed by atoms with van der Waals surface area (Å²) in [5.74, 6) is 0.240. The zero-order valence-corrected chi connectivity index (χ0v) is 17.2. The number of carbonyl (C=O) groups is 1. The van der Waals surface area contributed by atoms with E-state index in [0.717, 1.165) is 47.2 Å². The molecular weight excluding hydrogens is 400 g/mol. The lowest BCUT2D eigenvalue weighted by molar-refractivity contribution is 0.102. The lowest BCUT2D eigenvalue weighted by atomic mass is 10.1. The summed E-state index contributed by atoms with van der Waals surface area (Å²) in [5.41, 5.74) is 3.46. The molecule has 5 rings (SSSR count). The van der Waals surface area contributed by atoms with Crippen LogP contribution in [0.3, 0.4) is 0 Å². The second-order valence-electron chi connectivity index (χ2n) is 7.06. The van der Waals surface area contributed by atoms with Crippen molar-refractivity contribution in [2.45, 2.75) is 6.92 Å². The summed E-state index contributed by atoms with van der Waals surface area (Å²) in [4.78, 5) is 20.0. The molecule has 1 aliphatic heterocycles. The SMILES string of the molecule is Cc1onc(-c2ccccc2)c1C(=O)Nc1ccc2nc(N3CCOCC3)sc2c1. The van der Waals surface area contributed by atoms with Gasteiger partial charge in [0.25, 0.3) is 5.91 Å². The first-order valence-electron chi connectivity index (χ1n) is 9.75. The van der Waals surface area contributed by atoms with Crippen molar-refractivity contribution < 1.29 is 14.1 Å². The number of fused-ring (bicyclic) bond motifs is 1. The Morgan fingerprint density at radius 1 is 1.13 bits per heavy atom. The first-order valence-corrected chi connectivity index (χ1v) is 10.6. The summed E-state index contributed by atoms with van der Waals surface area (Å²) in [7, 11) is 0. The second kappa shape index (κ2) is 7.89. The highest BCUT2D eigenvalue weighted by Crippen LogP contribution is 2.32. The fourth-order valence-corrected chi connectivity index (χ4v) is 4.56. The topological polar surface area (TPSA) is 80.5 Å².